The van der Waals surface area contributed by atoms with Crippen molar-refractivity contribution in [2.45, 2.75) is 57.7 Å². The van der Waals surface area contributed by atoms with Crippen molar-refractivity contribution < 1.29 is 14.3 Å². The van der Waals surface area contributed by atoms with E-state index in [4.69, 9.17) is 4.74 Å². The molecule has 1 spiro atoms. The Labute approximate surface area is 101 Å². The third-order valence-corrected chi connectivity index (χ3v) is 3.43. The van der Waals surface area contributed by atoms with Crippen LogP contribution in [0.5, 0.6) is 0 Å². The Morgan fingerprint density at radius 3 is 2.59 bits per heavy atom. The Bertz CT molecular complexity index is 361. The molecule has 2 heterocycles. The maximum absolute atomic E-state index is 12.1. The summed E-state index contributed by atoms with van der Waals surface area (Å²) in [5, 5.41) is 2.72. The lowest BCUT2D eigenvalue weighted by atomic mass is 9.88. The largest absolute Gasteiger partial charge is 0.444 e. The summed E-state index contributed by atoms with van der Waals surface area (Å²) in [5.41, 5.74) is -1.16. The van der Waals surface area contributed by atoms with Crippen LogP contribution in [0.1, 0.15) is 40.5 Å². The third kappa shape index (κ3) is 1.87. The summed E-state index contributed by atoms with van der Waals surface area (Å²) >= 11 is 0. The van der Waals surface area contributed by atoms with Crippen molar-refractivity contribution >= 4 is 12.0 Å². The van der Waals surface area contributed by atoms with E-state index in [2.05, 4.69) is 5.32 Å². The van der Waals surface area contributed by atoms with Crippen LogP contribution in [0.15, 0.2) is 0 Å². The lowest BCUT2D eigenvalue weighted by molar-refractivity contribution is -0.141. The molecule has 17 heavy (non-hydrogen) atoms. The van der Waals surface area contributed by atoms with Gasteiger partial charge in [-0.25, -0.2) is 4.79 Å². The number of likely N-dealkylation sites (tertiary alicyclic amines) is 1. The second-order valence-electron chi connectivity index (χ2n) is 5.95. The van der Waals surface area contributed by atoms with Crippen molar-refractivity contribution in [1.29, 1.82) is 0 Å². The van der Waals surface area contributed by atoms with E-state index in [0.29, 0.717) is 6.54 Å². The van der Waals surface area contributed by atoms with Crippen LogP contribution < -0.4 is 5.32 Å². The molecular formula is C12H20N2O3. The normalized spacial score (nSPS) is 32.4. The second-order valence-corrected chi connectivity index (χ2v) is 5.95. The van der Waals surface area contributed by atoms with Gasteiger partial charge in [0.15, 0.2) is 0 Å². The van der Waals surface area contributed by atoms with Gasteiger partial charge in [0.05, 0.1) is 6.54 Å². The molecule has 0 aromatic carbocycles. The van der Waals surface area contributed by atoms with Crippen molar-refractivity contribution in [3.8, 4) is 0 Å². The Balaban J connectivity index is 2.17. The van der Waals surface area contributed by atoms with E-state index in [1.54, 1.807) is 4.90 Å². The van der Waals surface area contributed by atoms with Gasteiger partial charge in [-0.15, -0.1) is 0 Å². The smallest absolute Gasteiger partial charge is 0.411 e. The van der Waals surface area contributed by atoms with E-state index in [1.807, 2.05) is 27.7 Å². The molecule has 2 fully saturated rings. The standard InChI is InChI=1S/C12H20N2O3/c1-8-5-6-12(7-13-9(12)15)14(8)10(16)17-11(2,3)4/h8H,5-7H2,1-4H3,(H,13,15). The Hall–Kier alpha value is -1.26. The molecule has 0 aliphatic carbocycles. The highest BCUT2D eigenvalue weighted by Crippen LogP contribution is 2.38. The lowest BCUT2D eigenvalue weighted by Gasteiger charge is -2.45. The van der Waals surface area contributed by atoms with E-state index in [0.717, 1.165) is 12.8 Å². The quantitative estimate of drug-likeness (QED) is 0.649. The second kappa shape index (κ2) is 3.62. The van der Waals surface area contributed by atoms with Crippen LogP contribution in [0.4, 0.5) is 4.79 Å². The van der Waals surface area contributed by atoms with Gasteiger partial charge in [-0.1, -0.05) is 0 Å². The van der Waals surface area contributed by atoms with E-state index in [9.17, 15) is 9.59 Å². The zero-order valence-electron chi connectivity index (χ0n) is 10.9. The van der Waals surface area contributed by atoms with Gasteiger partial charge in [-0.2, -0.15) is 0 Å². The first-order valence-corrected chi connectivity index (χ1v) is 6.07. The maximum atomic E-state index is 12.1. The fourth-order valence-corrected chi connectivity index (χ4v) is 2.55. The highest BCUT2D eigenvalue weighted by molar-refractivity contribution is 5.96. The predicted octanol–water partition coefficient (Wildman–Crippen LogP) is 1.27. The first-order valence-electron chi connectivity index (χ1n) is 6.07. The van der Waals surface area contributed by atoms with Crippen molar-refractivity contribution in [3.63, 3.8) is 0 Å². The summed E-state index contributed by atoms with van der Waals surface area (Å²) in [7, 11) is 0. The molecule has 0 saturated carbocycles. The van der Waals surface area contributed by atoms with Crippen molar-refractivity contribution in [1.82, 2.24) is 10.2 Å². The maximum Gasteiger partial charge on any atom is 0.411 e. The molecule has 2 atom stereocenters. The molecule has 0 radical (unpaired) electrons. The molecule has 2 unspecified atom stereocenters. The zero-order chi connectivity index (χ0) is 12.8. The van der Waals surface area contributed by atoms with Gasteiger partial charge >= 0.3 is 6.09 Å². The number of rotatable bonds is 0. The van der Waals surface area contributed by atoms with Gasteiger partial charge in [0.1, 0.15) is 11.1 Å². The molecule has 96 valence electrons. The lowest BCUT2D eigenvalue weighted by Crippen LogP contribution is -2.72. The van der Waals surface area contributed by atoms with Crippen LogP contribution in [-0.2, 0) is 9.53 Å². The number of hydrogen-bond acceptors (Lipinski definition) is 3. The van der Waals surface area contributed by atoms with Gasteiger partial charge in [-0.05, 0) is 40.5 Å². The molecule has 0 aromatic rings. The predicted molar refractivity (Wildman–Crippen MR) is 62.5 cm³/mol. The monoisotopic (exact) mass is 240 g/mol. The summed E-state index contributed by atoms with van der Waals surface area (Å²) in [6.45, 7) is 8.01. The van der Waals surface area contributed by atoms with E-state index >= 15 is 0 Å². The number of β-lactam (4-membered cyclic amide) rings is 1. The van der Waals surface area contributed by atoms with Crippen molar-refractivity contribution in [2.75, 3.05) is 6.54 Å². The highest BCUT2D eigenvalue weighted by atomic mass is 16.6. The molecule has 1 N–H and O–H groups in total. The molecule has 5 heteroatoms. The number of amides is 2. The van der Waals surface area contributed by atoms with E-state index in [1.165, 1.54) is 0 Å². The molecule has 2 saturated heterocycles. The molecule has 0 aromatic heterocycles. The number of hydrogen-bond donors (Lipinski definition) is 1. The topological polar surface area (TPSA) is 58.6 Å². The minimum atomic E-state index is -0.637. The van der Waals surface area contributed by atoms with Gasteiger partial charge in [-0.3, -0.25) is 9.69 Å². The first kappa shape index (κ1) is 12.2. The number of carbonyl (C=O) groups is 2. The van der Waals surface area contributed by atoms with E-state index < -0.39 is 11.1 Å². The Kier molecular flexibility index (Phi) is 2.60. The SMILES string of the molecule is CC1CCC2(CNC2=O)N1C(=O)OC(C)(C)C. The van der Waals surface area contributed by atoms with Crippen LogP contribution in [0.3, 0.4) is 0 Å². The Morgan fingerprint density at radius 2 is 2.18 bits per heavy atom. The minimum Gasteiger partial charge on any atom is -0.444 e. The average Bonchev–Trinajstić information content (AvgIpc) is 2.53. The van der Waals surface area contributed by atoms with Crippen LogP contribution in [0, 0.1) is 0 Å². The highest BCUT2D eigenvalue weighted by Gasteiger charge is 2.58. The minimum absolute atomic E-state index is 0.0484. The van der Waals surface area contributed by atoms with Crippen LogP contribution in [0.2, 0.25) is 0 Å². The van der Waals surface area contributed by atoms with Crippen LogP contribution in [0.25, 0.3) is 0 Å². The van der Waals surface area contributed by atoms with Gasteiger partial charge in [0, 0.05) is 6.04 Å². The fraction of sp³-hybridized carbons (Fsp3) is 0.833. The number of carbonyl (C=O) groups excluding carboxylic acids is 2. The molecular weight excluding hydrogens is 220 g/mol. The summed E-state index contributed by atoms with van der Waals surface area (Å²) in [6, 6.07) is 0.0656. The molecule has 2 aliphatic heterocycles. The molecule has 2 rings (SSSR count). The van der Waals surface area contributed by atoms with Crippen molar-refractivity contribution in [3.05, 3.63) is 0 Å². The van der Waals surface area contributed by atoms with E-state index in [-0.39, 0.29) is 18.0 Å². The fourth-order valence-electron chi connectivity index (χ4n) is 2.55. The zero-order valence-corrected chi connectivity index (χ0v) is 10.9. The average molecular weight is 240 g/mol. The number of nitrogens with zero attached hydrogens (tertiary/aromatic N) is 1. The summed E-state index contributed by atoms with van der Waals surface area (Å²) < 4.78 is 5.38. The van der Waals surface area contributed by atoms with Crippen LogP contribution >= 0.6 is 0 Å². The third-order valence-electron chi connectivity index (χ3n) is 3.43. The van der Waals surface area contributed by atoms with Gasteiger partial charge in [0.25, 0.3) is 0 Å². The molecule has 2 aliphatic rings. The van der Waals surface area contributed by atoms with Gasteiger partial charge < -0.3 is 10.1 Å². The summed E-state index contributed by atoms with van der Waals surface area (Å²) in [6.07, 6.45) is 1.21. The first-order chi connectivity index (χ1) is 7.76. The summed E-state index contributed by atoms with van der Waals surface area (Å²) in [5.74, 6) is -0.0484. The number of nitrogens with one attached hydrogen (secondary N) is 1. The summed E-state index contributed by atoms with van der Waals surface area (Å²) in [4.78, 5) is 25.5. The van der Waals surface area contributed by atoms with Crippen molar-refractivity contribution in [2.24, 2.45) is 0 Å². The molecule has 5 nitrogen and oxygen atoms in total. The molecule has 2 amide bonds. The van der Waals surface area contributed by atoms with Crippen LogP contribution in [-0.4, -0.2) is 40.6 Å². The molecule has 0 bridgehead atoms. The van der Waals surface area contributed by atoms with Gasteiger partial charge in [0.2, 0.25) is 5.91 Å². The number of ether oxygens (including phenoxy) is 1. The Morgan fingerprint density at radius 1 is 1.53 bits per heavy atom.